The number of hydrogen-bond donors (Lipinski definition) is 2. The van der Waals surface area contributed by atoms with Gasteiger partial charge in [-0.15, -0.1) is 0 Å². The lowest BCUT2D eigenvalue weighted by atomic mass is 9.83. The molecule has 0 aromatic rings. The molecule has 2 N–H and O–H groups in total. The van der Waals surface area contributed by atoms with E-state index < -0.39 is 11.7 Å². The fourth-order valence-electron chi connectivity index (χ4n) is 3.63. The van der Waals surface area contributed by atoms with Crippen LogP contribution in [0.5, 0.6) is 0 Å². The van der Waals surface area contributed by atoms with Crippen molar-refractivity contribution < 1.29 is 10.2 Å². The molecular formula is C20H38O2. The number of allylic oxidation sites excluding steroid dienone is 1. The third-order valence-corrected chi connectivity index (χ3v) is 5.27. The van der Waals surface area contributed by atoms with Gasteiger partial charge in [-0.05, 0) is 43.4 Å². The lowest BCUT2D eigenvalue weighted by Gasteiger charge is -2.27. The lowest BCUT2D eigenvalue weighted by molar-refractivity contribution is 0.0297. The van der Waals surface area contributed by atoms with Gasteiger partial charge >= 0.3 is 0 Å². The third-order valence-electron chi connectivity index (χ3n) is 5.27. The summed E-state index contributed by atoms with van der Waals surface area (Å²) in [5, 5.41) is 20.8. The fourth-order valence-corrected chi connectivity index (χ4v) is 3.63. The molecule has 0 aliphatic heterocycles. The summed E-state index contributed by atoms with van der Waals surface area (Å²) in [6.45, 7) is 10.9. The molecule has 0 amide bonds. The zero-order valence-electron chi connectivity index (χ0n) is 15.4. The van der Waals surface area contributed by atoms with Gasteiger partial charge in [-0.25, -0.2) is 0 Å². The summed E-state index contributed by atoms with van der Waals surface area (Å²) >= 11 is 0. The molecule has 0 aromatic carbocycles. The minimum Gasteiger partial charge on any atom is -0.393 e. The molecule has 1 aliphatic carbocycles. The predicted octanol–water partition coefficient (Wildman–Crippen LogP) is 4.94. The Balaban J connectivity index is 2.81. The predicted molar refractivity (Wildman–Crippen MR) is 94.7 cm³/mol. The van der Waals surface area contributed by atoms with Crippen molar-refractivity contribution in [2.75, 3.05) is 0 Å². The van der Waals surface area contributed by atoms with Gasteiger partial charge in [0.05, 0.1) is 11.7 Å². The highest BCUT2D eigenvalue weighted by atomic mass is 16.3. The van der Waals surface area contributed by atoms with E-state index in [1.165, 1.54) is 32.1 Å². The van der Waals surface area contributed by atoms with Crippen LogP contribution in [0.1, 0.15) is 79.6 Å². The van der Waals surface area contributed by atoms with E-state index in [2.05, 4.69) is 33.8 Å². The van der Waals surface area contributed by atoms with E-state index in [9.17, 15) is 10.2 Å². The van der Waals surface area contributed by atoms with Crippen molar-refractivity contribution in [3.8, 4) is 0 Å². The van der Waals surface area contributed by atoms with Gasteiger partial charge in [0, 0.05) is 6.42 Å². The van der Waals surface area contributed by atoms with E-state index in [1.54, 1.807) is 0 Å². The molecule has 22 heavy (non-hydrogen) atoms. The van der Waals surface area contributed by atoms with Crippen molar-refractivity contribution in [2.24, 2.45) is 23.7 Å². The number of aliphatic hydroxyl groups is 2. The van der Waals surface area contributed by atoms with Gasteiger partial charge in [0.1, 0.15) is 0 Å². The fraction of sp³-hybridized carbons (Fsp3) is 0.900. The van der Waals surface area contributed by atoms with E-state index in [1.807, 2.05) is 13.0 Å². The highest BCUT2D eigenvalue weighted by Crippen LogP contribution is 2.28. The molecule has 2 nitrogen and oxygen atoms in total. The number of aliphatic hydroxyl groups excluding tert-OH is 1. The summed E-state index contributed by atoms with van der Waals surface area (Å²) in [6, 6.07) is 0. The lowest BCUT2D eigenvalue weighted by Crippen LogP contribution is -2.29. The Morgan fingerprint density at radius 1 is 1.05 bits per heavy atom. The second-order valence-corrected chi connectivity index (χ2v) is 8.44. The molecule has 1 rings (SSSR count). The molecule has 0 aromatic heterocycles. The van der Waals surface area contributed by atoms with Crippen LogP contribution in [0.3, 0.4) is 0 Å². The molecule has 0 bridgehead atoms. The van der Waals surface area contributed by atoms with E-state index in [-0.39, 0.29) is 0 Å². The monoisotopic (exact) mass is 310 g/mol. The summed E-state index contributed by atoms with van der Waals surface area (Å²) in [7, 11) is 0. The van der Waals surface area contributed by atoms with Crippen molar-refractivity contribution in [2.45, 2.75) is 91.3 Å². The van der Waals surface area contributed by atoms with Crippen LogP contribution < -0.4 is 0 Å². The SMILES string of the molecule is CC1CCCC(C)CC(O)CC(C)(O)C=CC(C(C)C)CC1. The summed E-state index contributed by atoms with van der Waals surface area (Å²) in [6.07, 6.45) is 11.2. The second-order valence-electron chi connectivity index (χ2n) is 8.44. The number of rotatable bonds is 1. The van der Waals surface area contributed by atoms with Gasteiger partial charge in [0.2, 0.25) is 0 Å². The zero-order chi connectivity index (χ0) is 16.8. The molecule has 1 aliphatic rings. The number of hydrogen-bond acceptors (Lipinski definition) is 2. The van der Waals surface area contributed by atoms with E-state index in [0.717, 1.165) is 12.3 Å². The molecule has 5 atom stereocenters. The molecular weight excluding hydrogens is 272 g/mol. The van der Waals surface area contributed by atoms with Gasteiger partial charge in [0.15, 0.2) is 0 Å². The normalized spacial score (nSPS) is 39.6. The molecule has 0 radical (unpaired) electrons. The Labute approximate surface area is 138 Å². The van der Waals surface area contributed by atoms with Crippen LogP contribution in [-0.4, -0.2) is 21.9 Å². The first kappa shape index (κ1) is 19.7. The zero-order valence-corrected chi connectivity index (χ0v) is 15.4. The Hall–Kier alpha value is -0.340. The van der Waals surface area contributed by atoms with Crippen LogP contribution in [0, 0.1) is 23.7 Å². The molecule has 0 saturated carbocycles. The first-order chi connectivity index (χ1) is 10.2. The van der Waals surface area contributed by atoms with E-state index >= 15 is 0 Å². The van der Waals surface area contributed by atoms with Gasteiger partial charge in [-0.1, -0.05) is 65.5 Å². The largest absolute Gasteiger partial charge is 0.393 e. The minimum atomic E-state index is -0.901. The Bertz CT molecular complexity index is 333. The Morgan fingerprint density at radius 2 is 1.68 bits per heavy atom. The average Bonchev–Trinajstić information content (AvgIpc) is 2.36. The van der Waals surface area contributed by atoms with Crippen LogP contribution in [0.2, 0.25) is 0 Å². The first-order valence-corrected chi connectivity index (χ1v) is 9.29. The van der Waals surface area contributed by atoms with Crippen LogP contribution in [0.15, 0.2) is 12.2 Å². The molecule has 2 heteroatoms. The summed E-state index contributed by atoms with van der Waals surface area (Å²) in [4.78, 5) is 0. The standard InChI is InChI=1S/C20H38O2/c1-15(2)18-10-9-16(3)7-6-8-17(4)13-19(21)14-20(5,22)12-11-18/h11-12,15-19,21-22H,6-10,13-14H2,1-5H3. The average molecular weight is 311 g/mol. The third kappa shape index (κ3) is 7.78. The van der Waals surface area contributed by atoms with Crippen molar-refractivity contribution in [3.63, 3.8) is 0 Å². The van der Waals surface area contributed by atoms with E-state index in [4.69, 9.17) is 0 Å². The maximum absolute atomic E-state index is 10.5. The summed E-state index contributed by atoms with van der Waals surface area (Å²) in [5.74, 6) is 2.42. The molecule has 0 fully saturated rings. The summed E-state index contributed by atoms with van der Waals surface area (Å²) in [5.41, 5.74) is -0.901. The second kappa shape index (κ2) is 9.08. The van der Waals surface area contributed by atoms with Crippen molar-refractivity contribution in [1.82, 2.24) is 0 Å². The van der Waals surface area contributed by atoms with E-state index in [0.29, 0.717) is 24.2 Å². The quantitative estimate of drug-likeness (QED) is 0.673. The smallest absolute Gasteiger partial charge is 0.0824 e. The maximum atomic E-state index is 10.5. The van der Waals surface area contributed by atoms with Crippen molar-refractivity contribution in [1.29, 1.82) is 0 Å². The first-order valence-electron chi connectivity index (χ1n) is 9.29. The van der Waals surface area contributed by atoms with Crippen molar-refractivity contribution in [3.05, 3.63) is 12.2 Å². The van der Waals surface area contributed by atoms with Crippen LogP contribution in [0.25, 0.3) is 0 Å². The van der Waals surface area contributed by atoms with Gasteiger partial charge in [-0.3, -0.25) is 0 Å². The topological polar surface area (TPSA) is 40.5 Å². The highest BCUT2D eigenvalue weighted by Gasteiger charge is 2.24. The Kier molecular flexibility index (Phi) is 8.13. The molecule has 0 saturated heterocycles. The highest BCUT2D eigenvalue weighted by molar-refractivity contribution is 5.02. The van der Waals surface area contributed by atoms with Crippen LogP contribution in [-0.2, 0) is 0 Å². The van der Waals surface area contributed by atoms with Gasteiger partial charge < -0.3 is 10.2 Å². The molecule has 0 heterocycles. The minimum absolute atomic E-state index is 0.410. The summed E-state index contributed by atoms with van der Waals surface area (Å²) < 4.78 is 0. The van der Waals surface area contributed by atoms with Crippen LogP contribution in [0.4, 0.5) is 0 Å². The molecule has 0 spiro atoms. The maximum Gasteiger partial charge on any atom is 0.0824 e. The van der Waals surface area contributed by atoms with Gasteiger partial charge in [0.25, 0.3) is 0 Å². The van der Waals surface area contributed by atoms with Crippen molar-refractivity contribution >= 4 is 0 Å². The molecule has 130 valence electrons. The van der Waals surface area contributed by atoms with Crippen LogP contribution >= 0.6 is 0 Å². The van der Waals surface area contributed by atoms with Gasteiger partial charge in [-0.2, -0.15) is 0 Å². The molecule has 5 unspecified atom stereocenters. The Morgan fingerprint density at radius 3 is 2.32 bits per heavy atom.